The summed E-state index contributed by atoms with van der Waals surface area (Å²) in [5.41, 5.74) is 2.14. The van der Waals surface area contributed by atoms with Crippen LogP contribution in [0.25, 0.3) is 0 Å². The highest BCUT2D eigenvalue weighted by Crippen LogP contribution is 2.26. The first-order valence-corrected chi connectivity index (χ1v) is 10.1. The number of rotatable bonds is 3. The summed E-state index contributed by atoms with van der Waals surface area (Å²) in [6.07, 6.45) is -0.161. The molecule has 1 aliphatic heterocycles. The molecule has 1 N–H and O–H groups in total. The Bertz CT molecular complexity index is 1080. The van der Waals surface area contributed by atoms with Crippen molar-refractivity contribution in [3.05, 3.63) is 64.2 Å². The number of halogens is 1. The summed E-state index contributed by atoms with van der Waals surface area (Å²) in [7, 11) is -3.99. The molecule has 1 unspecified atom stereocenters. The van der Waals surface area contributed by atoms with Crippen LogP contribution in [0.3, 0.4) is 0 Å². The van der Waals surface area contributed by atoms with Crippen LogP contribution in [0.4, 0.5) is 0 Å². The number of amides is 2. The fraction of sp³-hybridized carbons (Fsp3) is 0.200. The van der Waals surface area contributed by atoms with E-state index in [1.165, 1.54) is 6.07 Å². The lowest BCUT2D eigenvalue weighted by Crippen LogP contribution is -2.31. The number of imide groups is 1. The van der Waals surface area contributed by atoms with Crippen molar-refractivity contribution in [3.63, 3.8) is 0 Å². The molecule has 0 aliphatic carbocycles. The number of carbonyl (C=O) groups excluding carboxylic acids is 2. The van der Waals surface area contributed by atoms with Gasteiger partial charge < -0.3 is 0 Å². The number of hydrogen-bond donors (Lipinski definition) is 1. The van der Waals surface area contributed by atoms with E-state index >= 15 is 0 Å². The van der Waals surface area contributed by atoms with Gasteiger partial charge in [-0.25, -0.2) is 8.42 Å². The molecular weight excluding hydrogens is 386 g/mol. The van der Waals surface area contributed by atoms with Gasteiger partial charge in [0.2, 0.25) is 11.8 Å². The molecule has 5 nitrogen and oxygen atoms in total. The molecule has 2 amide bonds. The molecule has 0 radical (unpaired) electrons. The molecule has 27 heavy (non-hydrogen) atoms. The summed E-state index contributed by atoms with van der Waals surface area (Å²) in [6.45, 7) is 1.85. The number of hydrogen-bond acceptors (Lipinski definition) is 4. The highest BCUT2D eigenvalue weighted by atomic mass is 35.5. The highest BCUT2D eigenvalue weighted by Gasteiger charge is 2.42. The molecule has 1 fully saturated rings. The first-order chi connectivity index (χ1) is 12.8. The summed E-state index contributed by atoms with van der Waals surface area (Å²) in [5.74, 6) is 4.57. The highest BCUT2D eigenvalue weighted by molar-refractivity contribution is 7.93. The Kier molecular flexibility index (Phi) is 5.36. The van der Waals surface area contributed by atoms with E-state index < -0.39 is 26.9 Å². The molecule has 0 saturated carbocycles. The standard InChI is InChI=1S/C20H16ClNO4S/c1-13-5-10-17(27(25,26)18-12-19(23)22-20(18)24)15(11-13)4-2-3-14-6-8-16(21)9-7-14/h5-11,18H,4,12H2,1H3,(H,22,23,24). The molecule has 1 atom stereocenters. The third kappa shape index (κ3) is 4.21. The zero-order valence-corrected chi connectivity index (χ0v) is 16.0. The summed E-state index contributed by atoms with van der Waals surface area (Å²) < 4.78 is 25.8. The van der Waals surface area contributed by atoms with E-state index in [0.29, 0.717) is 10.6 Å². The SMILES string of the molecule is Cc1ccc(S(=O)(=O)C2CC(=O)NC2=O)c(CC#Cc2ccc(Cl)cc2)c1. The van der Waals surface area contributed by atoms with Crippen LogP contribution in [0.1, 0.15) is 23.1 Å². The van der Waals surface area contributed by atoms with Gasteiger partial charge >= 0.3 is 0 Å². The zero-order valence-electron chi connectivity index (χ0n) is 14.5. The van der Waals surface area contributed by atoms with E-state index in [1.54, 1.807) is 36.4 Å². The average Bonchev–Trinajstić information content (AvgIpc) is 2.96. The second-order valence-corrected chi connectivity index (χ2v) is 8.78. The molecule has 0 aromatic heterocycles. The number of sulfone groups is 1. The second kappa shape index (κ2) is 7.55. The second-order valence-electron chi connectivity index (χ2n) is 6.25. The van der Waals surface area contributed by atoms with Crippen molar-refractivity contribution in [1.29, 1.82) is 0 Å². The lowest BCUT2D eigenvalue weighted by molar-refractivity contribution is -0.124. The zero-order chi connectivity index (χ0) is 19.6. The van der Waals surface area contributed by atoms with Gasteiger partial charge in [-0.3, -0.25) is 14.9 Å². The van der Waals surface area contributed by atoms with Crippen LogP contribution in [0.2, 0.25) is 5.02 Å². The maximum Gasteiger partial charge on any atom is 0.245 e. The minimum Gasteiger partial charge on any atom is -0.295 e. The summed E-state index contributed by atoms with van der Waals surface area (Å²) in [4.78, 5) is 23.3. The van der Waals surface area contributed by atoms with Crippen molar-refractivity contribution < 1.29 is 18.0 Å². The lowest BCUT2D eigenvalue weighted by Gasteiger charge is -2.12. The molecule has 1 aliphatic rings. The van der Waals surface area contributed by atoms with Crippen molar-refractivity contribution >= 4 is 33.3 Å². The minimum atomic E-state index is -3.99. The van der Waals surface area contributed by atoms with Crippen molar-refractivity contribution in [2.45, 2.75) is 29.9 Å². The number of aryl methyl sites for hydroxylation is 1. The minimum absolute atomic E-state index is 0.0355. The maximum absolute atomic E-state index is 12.9. The Hall–Kier alpha value is -2.62. The van der Waals surface area contributed by atoms with Crippen LogP contribution in [0, 0.1) is 18.8 Å². The monoisotopic (exact) mass is 401 g/mol. The van der Waals surface area contributed by atoms with E-state index in [1.807, 2.05) is 12.2 Å². The van der Waals surface area contributed by atoms with Crippen LogP contribution in [-0.4, -0.2) is 25.5 Å². The predicted octanol–water partition coefficient (Wildman–Crippen LogP) is 2.43. The Morgan fingerprint density at radius 2 is 1.85 bits per heavy atom. The van der Waals surface area contributed by atoms with Crippen LogP contribution < -0.4 is 5.32 Å². The molecule has 138 valence electrons. The maximum atomic E-state index is 12.9. The van der Waals surface area contributed by atoms with Crippen LogP contribution in [0.5, 0.6) is 0 Å². The number of carbonyl (C=O) groups is 2. The lowest BCUT2D eigenvalue weighted by atomic mass is 10.1. The van der Waals surface area contributed by atoms with Gasteiger partial charge in [0.15, 0.2) is 15.1 Å². The van der Waals surface area contributed by atoms with Gasteiger partial charge in [-0.15, -0.1) is 0 Å². The van der Waals surface area contributed by atoms with Gasteiger partial charge in [0.25, 0.3) is 0 Å². The number of nitrogens with one attached hydrogen (secondary N) is 1. The average molecular weight is 402 g/mol. The molecular formula is C20H16ClNO4S. The Balaban J connectivity index is 1.93. The number of benzene rings is 2. The third-order valence-electron chi connectivity index (χ3n) is 4.18. The Morgan fingerprint density at radius 1 is 1.15 bits per heavy atom. The van der Waals surface area contributed by atoms with E-state index in [9.17, 15) is 18.0 Å². The normalized spacial score (nSPS) is 16.6. The molecule has 0 bridgehead atoms. The first-order valence-electron chi connectivity index (χ1n) is 8.19. The van der Waals surface area contributed by atoms with Crippen molar-refractivity contribution in [2.24, 2.45) is 0 Å². The van der Waals surface area contributed by atoms with Crippen LogP contribution >= 0.6 is 11.6 Å². The molecule has 1 saturated heterocycles. The summed E-state index contributed by atoms with van der Waals surface area (Å²) >= 11 is 5.84. The summed E-state index contributed by atoms with van der Waals surface area (Å²) in [5, 5.41) is 1.26. The molecule has 0 spiro atoms. The fourth-order valence-electron chi connectivity index (χ4n) is 2.83. The summed E-state index contributed by atoms with van der Waals surface area (Å²) in [6, 6.07) is 11.9. The van der Waals surface area contributed by atoms with Gasteiger partial charge in [-0.05, 0) is 42.8 Å². The van der Waals surface area contributed by atoms with E-state index in [-0.39, 0.29) is 17.7 Å². The molecule has 2 aromatic carbocycles. The third-order valence-corrected chi connectivity index (χ3v) is 6.57. The van der Waals surface area contributed by atoms with Gasteiger partial charge in [0.05, 0.1) is 11.3 Å². The predicted molar refractivity (Wildman–Crippen MR) is 102 cm³/mol. The largest absolute Gasteiger partial charge is 0.295 e. The molecule has 1 heterocycles. The van der Waals surface area contributed by atoms with Crippen molar-refractivity contribution in [1.82, 2.24) is 5.32 Å². The quantitative estimate of drug-likeness (QED) is 0.632. The van der Waals surface area contributed by atoms with Gasteiger partial charge in [-0.2, -0.15) is 0 Å². The van der Waals surface area contributed by atoms with Crippen LogP contribution in [0.15, 0.2) is 47.4 Å². The smallest absolute Gasteiger partial charge is 0.245 e. The van der Waals surface area contributed by atoms with Crippen molar-refractivity contribution in [3.8, 4) is 11.8 Å². The van der Waals surface area contributed by atoms with Gasteiger partial charge in [0.1, 0.15) is 0 Å². The van der Waals surface area contributed by atoms with Crippen LogP contribution in [-0.2, 0) is 25.8 Å². The first kappa shape index (κ1) is 19.2. The van der Waals surface area contributed by atoms with Gasteiger partial charge in [0, 0.05) is 17.0 Å². The molecule has 3 rings (SSSR count). The Labute approximate surface area is 162 Å². The van der Waals surface area contributed by atoms with E-state index in [4.69, 9.17) is 11.6 Å². The van der Waals surface area contributed by atoms with Gasteiger partial charge in [-0.1, -0.05) is 41.1 Å². The topological polar surface area (TPSA) is 80.3 Å². The van der Waals surface area contributed by atoms with Crippen molar-refractivity contribution in [2.75, 3.05) is 0 Å². The molecule has 2 aromatic rings. The molecule has 7 heteroatoms. The fourth-order valence-corrected chi connectivity index (χ4v) is 4.73. The van der Waals surface area contributed by atoms with E-state index in [0.717, 1.165) is 11.1 Å². The van der Waals surface area contributed by atoms with E-state index in [2.05, 4.69) is 11.8 Å². The Morgan fingerprint density at radius 3 is 2.48 bits per heavy atom.